The summed E-state index contributed by atoms with van der Waals surface area (Å²) in [6.07, 6.45) is 0.424. The number of halogens is 3. The molecular formula is C15H20ClF2N3O2. The topological polar surface area (TPSA) is 52.7 Å². The maximum Gasteiger partial charge on any atom is 0.254 e. The fourth-order valence-corrected chi connectivity index (χ4v) is 2.36. The van der Waals surface area contributed by atoms with Gasteiger partial charge < -0.3 is 15.1 Å². The van der Waals surface area contributed by atoms with Gasteiger partial charge >= 0.3 is 0 Å². The second-order valence-electron chi connectivity index (χ2n) is 5.16. The number of piperazine rings is 1. The van der Waals surface area contributed by atoms with E-state index in [1.54, 1.807) is 16.8 Å². The minimum atomic E-state index is -1.04. The van der Waals surface area contributed by atoms with Gasteiger partial charge in [-0.15, -0.1) is 12.4 Å². The monoisotopic (exact) mass is 347 g/mol. The lowest BCUT2D eigenvalue weighted by Gasteiger charge is -2.35. The van der Waals surface area contributed by atoms with Crippen molar-refractivity contribution in [1.29, 1.82) is 0 Å². The number of benzene rings is 1. The number of amides is 2. The van der Waals surface area contributed by atoms with Crippen LogP contribution >= 0.6 is 12.4 Å². The first kappa shape index (κ1) is 19.3. The molecule has 128 valence electrons. The lowest BCUT2D eigenvalue weighted by Crippen LogP contribution is -2.50. The van der Waals surface area contributed by atoms with Gasteiger partial charge in [0.15, 0.2) is 11.6 Å². The van der Waals surface area contributed by atoms with Crippen molar-refractivity contribution < 1.29 is 18.4 Å². The van der Waals surface area contributed by atoms with E-state index in [0.29, 0.717) is 39.1 Å². The SMILES string of the molecule is CNCCC(=O)N1CCN(C(=O)c2ccc(F)c(F)c2)CC1.Cl. The van der Waals surface area contributed by atoms with Gasteiger partial charge in [0, 0.05) is 44.7 Å². The predicted molar refractivity (Wildman–Crippen MR) is 84.6 cm³/mol. The molecule has 2 rings (SSSR count). The van der Waals surface area contributed by atoms with E-state index in [2.05, 4.69) is 5.32 Å². The number of carbonyl (C=O) groups excluding carboxylic acids is 2. The van der Waals surface area contributed by atoms with Gasteiger partial charge in [0.1, 0.15) is 0 Å². The quantitative estimate of drug-likeness (QED) is 0.892. The van der Waals surface area contributed by atoms with E-state index in [1.165, 1.54) is 6.07 Å². The lowest BCUT2D eigenvalue weighted by atomic mass is 10.1. The third kappa shape index (κ3) is 4.87. The Morgan fingerprint density at radius 3 is 2.26 bits per heavy atom. The maximum absolute atomic E-state index is 13.2. The van der Waals surface area contributed by atoms with Crippen molar-refractivity contribution in [2.45, 2.75) is 6.42 Å². The molecule has 0 radical (unpaired) electrons. The van der Waals surface area contributed by atoms with Crippen LogP contribution in [0.25, 0.3) is 0 Å². The van der Waals surface area contributed by atoms with Crippen LogP contribution in [0.4, 0.5) is 8.78 Å². The molecule has 1 N–H and O–H groups in total. The normalized spacial score (nSPS) is 14.4. The van der Waals surface area contributed by atoms with Crippen LogP contribution in [-0.2, 0) is 4.79 Å². The molecule has 0 unspecified atom stereocenters. The first-order valence-corrected chi connectivity index (χ1v) is 7.19. The van der Waals surface area contributed by atoms with Crippen molar-refractivity contribution in [1.82, 2.24) is 15.1 Å². The summed E-state index contributed by atoms with van der Waals surface area (Å²) in [5.74, 6) is -2.31. The highest BCUT2D eigenvalue weighted by Crippen LogP contribution is 2.13. The van der Waals surface area contributed by atoms with Crippen LogP contribution in [0.15, 0.2) is 18.2 Å². The second-order valence-corrected chi connectivity index (χ2v) is 5.16. The van der Waals surface area contributed by atoms with E-state index >= 15 is 0 Å². The lowest BCUT2D eigenvalue weighted by molar-refractivity contribution is -0.132. The van der Waals surface area contributed by atoms with E-state index in [-0.39, 0.29) is 29.8 Å². The summed E-state index contributed by atoms with van der Waals surface area (Å²) in [4.78, 5) is 27.4. The molecule has 0 saturated carbocycles. The molecule has 2 amide bonds. The Kier molecular flexibility index (Phi) is 7.38. The maximum atomic E-state index is 13.2. The van der Waals surface area contributed by atoms with Crippen LogP contribution in [0.1, 0.15) is 16.8 Å². The predicted octanol–water partition coefficient (Wildman–Crippen LogP) is 1.28. The van der Waals surface area contributed by atoms with Gasteiger partial charge in [-0.1, -0.05) is 0 Å². The highest BCUT2D eigenvalue weighted by atomic mass is 35.5. The summed E-state index contributed by atoms with van der Waals surface area (Å²) >= 11 is 0. The number of nitrogens with zero attached hydrogens (tertiary/aromatic N) is 2. The second kappa shape index (κ2) is 8.79. The molecule has 23 heavy (non-hydrogen) atoms. The van der Waals surface area contributed by atoms with Crippen LogP contribution < -0.4 is 5.32 Å². The van der Waals surface area contributed by atoms with E-state index in [9.17, 15) is 18.4 Å². The Balaban J connectivity index is 0.00000264. The number of hydrogen-bond donors (Lipinski definition) is 1. The third-order valence-electron chi connectivity index (χ3n) is 3.68. The molecule has 1 heterocycles. The summed E-state index contributed by atoms with van der Waals surface area (Å²) in [5, 5.41) is 2.92. The molecular weight excluding hydrogens is 328 g/mol. The summed E-state index contributed by atoms with van der Waals surface area (Å²) < 4.78 is 26.1. The summed E-state index contributed by atoms with van der Waals surface area (Å²) in [5.41, 5.74) is 0.119. The van der Waals surface area contributed by atoms with Gasteiger partial charge in [0.2, 0.25) is 5.91 Å². The van der Waals surface area contributed by atoms with Gasteiger partial charge in [-0.05, 0) is 25.2 Å². The molecule has 8 heteroatoms. The summed E-state index contributed by atoms with van der Waals surface area (Å²) in [6.45, 7) is 2.31. The fraction of sp³-hybridized carbons (Fsp3) is 0.467. The fourth-order valence-electron chi connectivity index (χ4n) is 2.36. The third-order valence-corrected chi connectivity index (χ3v) is 3.68. The molecule has 0 aromatic heterocycles. The Hall–Kier alpha value is -1.73. The van der Waals surface area contributed by atoms with Gasteiger partial charge in [0.25, 0.3) is 5.91 Å². The smallest absolute Gasteiger partial charge is 0.254 e. The molecule has 1 aromatic rings. The Bertz CT molecular complexity index is 564. The van der Waals surface area contributed by atoms with E-state index in [1.807, 2.05) is 0 Å². The van der Waals surface area contributed by atoms with Gasteiger partial charge in [-0.2, -0.15) is 0 Å². The molecule has 1 aromatic carbocycles. The largest absolute Gasteiger partial charge is 0.339 e. The zero-order valence-corrected chi connectivity index (χ0v) is 13.7. The van der Waals surface area contributed by atoms with E-state index < -0.39 is 11.6 Å². The van der Waals surface area contributed by atoms with Crippen LogP contribution in [0.2, 0.25) is 0 Å². The van der Waals surface area contributed by atoms with Crippen molar-refractivity contribution >= 4 is 24.2 Å². The van der Waals surface area contributed by atoms with Crippen LogP contribution in [-0.4, -0.2) is 61.4 Å². The average molecular weight is 348 g/mol. The first-order chi connectivity index (χ1) is 10.5. The standard InChI is InChI=1S/C15H19F2N3O2.ClH/c1-18-5-4-14(21)19-6-8-20(9-7-19)15(22)11-2-3-12(16)13(17)10-11;/h2-3,10,18H,4-9H2,1H3;1H. The molecule has 0 spiro atoms. The summed E-state index contributed by atoms with van der Waals surface area (Å²) in [6, 6.07) is 3.12. The molecule has 1 saturated heterocycles. The Labute approximate surface area is 140 Å². The Morgan fingerprint density at radius 1 is 1.09 bits per heavy atom. The molecule has 1 aliphatic rings. The van der Waals surface area contributed by atoms with Crippen molar-refractivity contribution in [3.05, 3.63) is 35.4 Å². The van der Waals surface area contributed by atoms with Crippen LogP contribution in [0.3, 0.4) is 0 Å². The highest BCUT2D eigenvalue weighted by molar-refractivity contribution is 5.94. The minimum Gasteiger partial charge on any atom is -0.339 e. The first-order valence-electron chi connectivity index (χ1n) is 7.19. The Morgan fingerprint density at radius 2 is 1.70 bits per heavy atom. The molecule has 1 aliphatic heterocycles. The van der Waals surface area contributed by atoms with Crippen molar-refractivity contribution in [3.63, 3.8) is 0 Å². The van der Waals surface area contributed by atoms with Crippen molar-refractivity contribution in [2.75, 3.05) is 39.8 Å². The molecule has 0 bridgehead atoms. The number of rotatable bonds is 4. The van der Waals surface area contributed by atoms with Crippen molar-refractivity contribution in [3.8, 4) is 0 Å². The van der Waals surface area contributed by atoms with Gasteiger partial charge in [-0.25, -0.2) is 8.78 Å². The average Bonchev–Trinajstić information content (AvgIpc) is 2.54. The molecule has 5 nitrogen and oxygen atoms in total. The van der Waals surface area contributed by atoms with Crippen molar-refractivity contribution in [2.24, 2.45) is 0 Å². The summed E-state index contributed by atoms with van der Waals surface area (Å²) in [7, 11) is 1.78. The van der Waals surface area contributed by atoms with Gasteiger partial charge in [0.05, 0.1) is 0 Å². The number of nitrogens with one attached hydrogen (secondary N) is 1. The number of carbonyl (C=O) groups is 2. The number of hydrogen-bond acceptors (Lipinski definition) is 3. The molecule has 0 atom stereocenters. The molecule has 0 aliphatic carbocycles. The minimum absolute atomic E-state index is 0. The highest BCUT2D eigenvalue weighted by Gasteiger charge is 2.24. The zero-order valence-electron chi connectivity index (χ0n) is 12.8. The van der Waals surface area contributed by atoms with E-state index in [0.717, 1.165) is 12.1 Å². The van der Waals surface area contributed by atoms with Crippen LogP contribution in [0.5, 0.6) is 0 Å². The van der Waals surface area contributed by atoms with Gasteiger partial charge in [-0.3, -0.25) is 9.59 Å². The zero-order chi connectivity index (χ0) is 16.1. The molecule has 1 fully saturated rings. The van der Waals surface area contributed by atoms with Crippen LogP contribution in [0, 0.1) is 11.6 Å². The van der Waals surface area contributed by atoms with E-state index in [4.69, 9.17) is 0 Å².